The normalized spacial score (nSPS) is 11.4. The summed E-state index contributed by atoms with van der Waals surface area (Å²) >= 11 is 1.30. The summed E-state index contributed by atoms with van der Waals surface area (Å²) in [6.45, 7) is 4.03. The third kappa shape index (κ3) is 5.45. The molecular weight excluding hydrogens is 446 g/mol. The van der Waals surface area contributed by atoms with Crippen molar-refractivity contribution in [1.29, 1.82) is 5.26 Å². The monoisotopic (exact) mass is 469 g/mol. The van der Waals surface area contributed by atoms with Crippen molar-refractivity contribution in [2.75, 3.05) is 5.32 Å². The molecule has 0 radical (unpaired) electrons. The van der Waals surface area contributed by atoms with E-state index in [4.69, 9.17) is 10.00 Å². The van der Waals surface area contributed by atoms with Crippen molar-refractivity contribution in [1.82, 2.24) is 14.8 Å². The van der Waals surface area contributed by atoms with Crippen LogP contribution >= 0.6 is 11.8 Å². The van der Waals surface area contributed by atoms with Gasteiger partial charge in [-0.2, -0.15) is 5.26 Å². The molecule has 1 unspecified atom stereocenters. The summed E-state index contributed by atoms with van der Waals surface area (Å²) in [5, 5.41) is 20.8. The van der Waals surface area contributed by atoms with Crippen molar-refractivity contribution in [2.45, 2.75) is 30.9 Å². The predicted octanol–water partition coefficient (Wildman–Crippen LogP) is 5.15. The van der Waals surface area contributed by atoms with Crippen LogP contribution < -0.4 is 10.1 Å². The minimum Gasteiger partial charge on any atom is -0.485 e. The molecule has 1 heterocycles. The molecule has 0 saturated heterocycles. The zero-order valence-electron chi connectivity index (χ0n) is 18.8. The highest BCUT2D eigenvalue weighted by Crippen LogP contribution is 2.27. The van der Waals surface area contributed by atoms with E-state index in [0.717, 1.165) is 17.0 Å². The molecule has 1 atom stereocenters. The summed E-state index contributed by atoms with van der Waals surface area (Å²) in [5.74, 6) is 1.22. The molecule has 0 spiro atoms. The third-order valence-electron chi connectivity index (χ3n) is 5.08. The Labute approximate surface area is 202 Å². The maximum atomic E-state index is 12.8. The minimum absolute atomic E-state index is 0.194. The lowest BCUT2D eigenvalue weighted by molar-refractivity contribution is -0.115. The molecular formula is C26H23N5O2S. The molecule has 8 heteroatoms. The number of carbonyl (C=O) groups excluding carboxylic acids is 1. The Balaban J connectivity index is 1.54. The van der Waals surface area contributed by atoms with Gasteiger partial charge in [-0.3, -0.25) is 9.36 Å². The van der Waals surface area contributed by atoms with Crippen LogP contribution in [0, 0.1) is 18.3 Å². The van der Waals surface area contributed by atoms with E-state index in [1.165, 1.54) is 11.8 Å². The first-order chi connectivity index (χ1) is 16.5. The zero-order chi connectivity index (χ0) is 23.9. The number of amides is 1. The van der Waals surface area contributed by atoms with Gasteiger partial charge in [0.25, 0.3) is 0 Å². The van der Waals surface area contributed by atoms with Gasteiger partial charge in [0, 0.05) is 11.4 Å². The van der Waals surface area contributed by atoms with Crippen molar-refractivity contribution in [3.05, 3.63) is 95.8 Å². The number of nitriles is 1. The summed E-state index contributed by atoms with van der Waals surface area (Å²) in [6, 6.07) is 26.4. The van der Waals surface area contributed by atoms with Gasteiger partial charge in [0.1, 0.15) is 12.4 Å². The predicted molar refractivity (Wildman–Crippen MR) is 132 cm³/mol. The number of aryl methyl sites for hydroxylation is 1. The summed E-state index contributed by atoms with van der Waals surface area (Å²) < 4.78 is 7.92. The number of para-hydroxylation sites is 2. The highest BCUT2D eigenvalue weighted by molar-refractivity contribution is 8.00. The van der Waals surface area contributed by atoms with Gasteiger partial charge in [-0.1, -0.05) is 54.2 Å². The molecule has 0 aliphatic rings. The number of thioether (sulfide) groups is 1. The zero-order valence-corrected chi connectivity index (χ0v) is 19.6. The fourth-order valence-corrected chi connectivity index (χ4v) is 4.18. The number of anilines is 1. The quantitative estimate of drug-likeness (QED) is 0.359. The van der Waals surface area contributed by atoms with Gasteiger partial charge >= 0.3 is 0 Å². The van der Waals surface area contributed by atoms with Crippen LogP contribution in [0.5, 0.6) is 5.75 Å². The number of benzene rings is 3. The van der Waals surface area contributed by atoms with Crippen LogP contribution in [-0.4, -0.2) is 25.9 Å². The first-order valence-electron chi connectivity index (χ1n) is 10.7. The average Bonchev–Trinajstić information content (AvgIpc) is 3.26. The van der Waals surface area contributed by atoms with Crippen LogP contribution in [0.15, 0.2) is 84.0 Å². The number of hydrogen-bond donors (Lipinski definition) is 1. The smallest absolute Gasteiger partial charge is 0.237 e. The van der Waals surface area contributed by atoms with Crippen molar-refractivity contribution in [3.8, 4) is 17.5 Å². The Kier molecular flexibility index (Phi) is 7.25. The van der Waals surface area contributed by atoms with Crippen LogP contribution in [-0.2, 0) is 11.4 Å². The number of hydrogen-bond acceptors (Lipinski definition) is 6. The summed E-state index contributed by atoms with van der Waals surface area (Å²) in [6.07, 6.45) is 0. The van der Waals surface area contributed by atoms with Gasteiger partial charge in [-0.05, 0) is 55.8 Å². The maximum Gasteiger partial charge on any atom is 0.237 e. The SMILES string of the molecule is Cc1ccccc1OCc1nnc(SC(C)C(=O)Nc2cccc(C#N)c2)n1-c1ccccc1. The van der Waals surface area contributed by atoms with E-state index in [9.17, 15) is 4.79 Å². The molecule has 1 aromatic heterocycles. The standard InChI is InChI=1S/C26H23N5O2S/c1-18-9-6-7-14-23(18)33-17-24-29-30-26(31(24)22-12-4-3-5-13-22)34-19(2)25(32)28-21-11-8-10-20(15-21)16-27/h3-15,19H,17H2,1-2H3,(H,28,32). The van der Waals surface area contributed by atoms with Crippen LogP contribution in [0.2, 0.25) is 0 Å². The van der Waals surface area contributed by atoms with Gasteiger partial charge in [0.2, 0.25) is 5.91 Å². The molecule has 0 aliphatic carbocycles. The van der Waals surface area contributed by atoms with Gasteiger partial charge in [0.15, 0.2) is 11.0 Å². The number of carbonyl (C=O) groups is 1. The molecule has 1 amide bonds. The van der Waals surface area contributed by atoms with Crippen LogP contribution in [0.3, 0.4) is 0 Å². The number of nitrogens with zero attached hydrogens (tertiary/aromatic N) is 4. The fraction of sp³-hybridized carbons (Fsp3) is 0.154. The molecule has 4 aromatic rings. The Morgan fingerprint density at radius 1 is 1.09 bits per heavy atom. The summed E-state index contributed by atoms with van der Waals surface area (Å²) in [5.41, 5.74) is 2.98. The topological polar surface area (TPSA) is 92.8 Å². The minimum atomic E-state index is -0.456. The molecule has 1 N–H and O–H groups in total. The summed E-state index contributed by atoms with van der Waals surface area (Å²) in [4.78, 5) is 12.8. The maximum absolute atomic E-state index is 12.8. The van der Waals surface area contributed by atoms with Crippen LogP contribution in [0.4, 0.5) is 5.69 Å². The van der Waals surface area contributed by atoms with Crippen molar-refractivity contribution >= 4 is 23.4 Å². The Hall–Kier alpha value is -4.09. The molecule has 0 saturated carbocycles. The van der Waals surface area contributed by atoms with Crippen molar-refractivity contribution in [2.24, 2.45) is 0 Å². The van der Waals surface area contributed by atoms with E-state index in [0.29, 0.717) is 22.2 Å². The molecule has 34 heavy (non-hydrogen) atoms. The highest BCUT2D eigenvalue weighted by atomic mass is 32.2. The van der Waals surface area contributed by atoms with Crippen LogP contribution in [0.25, 0.3) is 5.69 Å². The number of aromatic nitrogens is 3. The van der Waals surface area contributed by atoms with Gasteiger partial charge in [-0.15, -0.1) is 10.2 Å². The van der Waals surface area contributed by atoms with E-state index in [-0.39, 0.29) is 12.5 Å². The third-order valence-corrected chi connectivity index (χ3v) is 6.12. The van der Waals surface area contributed by atoms with E-state index >= 15 is 0 Å². The van der Waals surface area contributed by atoms with E-state index in [1.54, 1.807) is 24.3 Å². The average molecular weight is 470 g/mol. The second-order valence-corrected chi connectivity index (χ2v) is 8.87. The molecule has 0 aliphatic heterocycles. The van der Waals surface area contributed by atoms with Gasteiger partial charge < -0.3 is 10.1 Å². The van der Waals surface area contributed by atoms with E-state index in [2.05, 4.69) is 21.6 Å². The van der Waals surface area contributed by atoms with Gasteiger partial charge in [0.05, 0.1) is 16.9 Å². The highest BCUT2D eigenvalue weighted by Gasteiger charge is 2.22. The first-order valence-corrected chi connectivity index (χ1v) is 11.6. The van der Waals surface area contributed by atoms with Gasteiger partial charge in [-0.25, -0.2) is 0 Å². The fourth-order valence-electron chi connectivity index (χ4n) is 3.29. The second-order valence-electron chi connectivity index (χ2n) is 7.57. The molecule has 0 fully saturated rings. The second kappa shape index (κ2) is 10.7. The van der Waals surface area contributed by atoms with E-state index < -0.39 is 5.25 Å². The molecule has 7 nitrogen and oxygen atoms in total. The van der Waals surface area contributed by atoms with Crippen molar-refractivity contribution < 1.29 is 9.53 Å². The number of rotatable bonds is 8. The Morgan fingerprint density at radius 3 is 2.62 bits per heavy atom. The Bertz CT molecular complexity index is 1330. The lowest BCUT2D eigenvalue weighted by Crippen LogP contribution is -2.23. The van der Waals surface area contributed by atoms with E-state index in [1.807, 2.05) is 73.0 Å². The first kappa shape index (κ1) is 23.1. The Morgan fingerprint density at radius 2 is 1.85 bits per heavy atom. The molecule has 4 rings (SSSR count). The lowest BCUT2D eigenvalue weighted by Gasteiger charge is -2.14. The number of nitrogens with one attached hydrogen (secondary N) is 1. The van der Waals surface area contributed by atoms with Crippen molar-refractivity contribution in [3.63, 3.8) is 0 Å². The lowest BCUT2D eigenvalue weighted by atomic mass is 10.2. The molecule has 170 valence electrons. The molecule has 3 aromatic carbocycles. The number of ether oxygens (including phenoxy) is 1. The largest absolute Gasteiger partial charge is 0.485 e. The summed E-state index contributed by atoms with van der Waals surface area (Å²) in [7, 11) is 0. The van der Waals surface area contributed by atoms with Crippen LogP contribution in [0.1, 0.15) is 23.9 Å². The molecule has 0 bridgehead atoms.